The number of amides is 1. The Balaban J connectivity index is 3.11. The van der Waals surface area contributed by atoms with Crippen LogP contribution in [0, 0.1) is 0 Å². The van der Waals surface area contributed by atoms with E-state index in [9.17, 15) is 9.59 Å². The highest BCUT2D eigenvalue weighted by Gasteiger charge is 2.21. The van der Waals surface area contributed by atoms with E-state index in [2.05, 4.69) is 5.32 Å². The molecular weight excluding hydrogens is 265 g/mol. The molecule has 0 aliphatic carbocycles. The van der Waals surface area contributed by atoms with Gasteiger partial charge >= 0.3 is 5.97 Å². The smallest absolute Gasteiger partial charge is 0.305 e. The lowest BCUT2D eigenvalue weighted by atomic mass is 10.0. The van der Waals surface area contributed by atoms with Gasteiger partial charge in [0.25, 0.3) is 0 Å². The van der Waals surface area contributed by atoms with Crippen molar-refractivity contribution >= 4 is 35.1 Å². The van der Waals surface area contributed by atoms with Crippen molar-refractivity contribution in [2.75, 3.05) is 0 Å². The summed E-state index contributed by atoms with van der Waals surface area (Å²) >= 11 is 11.9. The maximum absolute atomic E-state index is 11.0. The monoisotopic (exact) mass is 275 g/mol. The first-order valence-corrected chi connectivity index (χ1v) is 5.60. The highest BCUT2D eigenvalue weighted by atomic mass is 35.5. The average Bonchev–Trinajstić information content (AvgIpc) is 2.14. The molecule has 0 spiro atoms. The van der Waals surface area contributed by atoms with Crippen molar-refractivity contribution in [3.63, 3.8) is 0 Å². The third-order valence-corrected chi connectivity index (χ3v) is 2.76. The Morgan fingerprint density at radius 1 is 1.35 bits per heavy atom. The van der Waals surface area contributed by atoms with E-state index < -0.39 is 12.0 Å². The molecule has 92 valence electrons. The minimum absolute atomic E-state index is 0.275. The zero-order valence-corrected chi connectivity index (χ0v) is 10.5. The summed E-state index contributed by atoms with van der Waals surface area (Å²) in [5.74, 6) is -1.38. The number of carboxylic acids is 1. The predicted molar refractivity (Wildman–Crippen MR) is 65.3 cm³/mol. The standard InChI is InChI=1S/C11H11Cl2NO3/c1-6(15)14-9(5-10(16)17)11-7(12)3-2-4-8(11)13/h2-4,9H,5H2,1H3,(H,14,15)(H,16,17)/t9-/m0/s1. The molecule has 1 aromatic rings. The van der Waals surface area contributed by atoms with Gasteiger partial charge in [0.1, 0.15) is 0 Å². The van der Waals surface area contributed by atoms with Crippen LogP contribution in [0.4, 0.5) is 0 Å². The summed E-state index contributed by atoms with van der Waals surface area (Å²) in [7, 11) is 0. The fraction of sp³-hybridized carbons (Fsp3) is 0.273. The van der Waals surface area contributed by atoms with Gasteiger partial charge in [-0.15, -0.1) is 0 Å². The van der Waals surface area contributed by atoms with Crippen LogP contribution in [0.3, 0.4) is 0 Å². The van der Waals surface area contributed by atoms with Gasteiger partial charge in [-0.1, -0.05) is 29.3 Å². The zero-order chi connectivity index (χ0) is 13.0. The Kier molecular flexibility index (Phi) is 4.78. The number of nitrogens with one attached hydrogen (secondary N) is 1. The molecule has 1 rings (SSSR count). The second kappa shape index (κ2) is 5.89. The lowest BCUT2D eigenvalue weighted by molar-refractivity contribution is -0.137. The van der Waals surface area contributed by atoms with E-state index in [-0.39, 0.29) is 12.3 Å². The van der Waals surface area contributed by atoms with Crippen LogP contribution >= 0.6 is 23.2 Å². The summed E-state index contributed by atoms with van der Waals surface area (Å²) in [6.07, 6.45) is -0.275. The number of aliphatic carboxylic acids is 1. The van der Waals surface area contributed by atoms with E-state index in [0.29, 0.717) is 15.6 Å². The largest absolute Gasteiger partial charge is 0.481 e. The molecule has 0 aliphatic heterocycles. The molecule has 1 amide bonds. The molecule has 0 saturated heterocycles. The van der Waals surface area contributed by atoms with E-state index in [0.717, 1.165) is 0 Å². The number of carbonyl (C=O) groups is 2. The van der Waals surface area contributed by atoms with Crippen molar-refractivity contribution in [3.8, 4) is 0 Å². The lowest BCUT2D eigenvalue weighted by Gasteiger charge is -2.18. The predicted octanol–water partition coefficient (Wildman–Crippen LogP) is 2.65. The molecule has 0 unspecified atom stereocenters. The van der Waals surface area contributed by atoms with Crippen LogP contribution in [0.1, 0.15) is 24.9 Å². The maximum Gasteiger partial charge on any atom is 0.305 e. The van der Waals surface area contributed by atoms with Gasteiger partial charge in [0, 0.05) is 22.5 Å². The van der Waals surface area contributed by atoms with E-state index >= 15 is 0 Å². The summed E-state index contributed by atoms with van der Waals surface area (Å²) in [6.45, 7) is 1.31. The van der Waals surface area contributed by atoms with Gasteiger partial charge in [-0.05, 0) is 12.1 Å². The number of rotatable bonds is 4. The molecular formula is C11H11Cl2NO3. The minimum atomic E-state index is -1.04. The Morgan fingerprint density at radius 2 is 1.88 bits per heavy atom. The Hall–Kier alpha value is -1.26. The number of hydrogen-bond acceptors (Lipinski definition) is 2. The summed E-state index contributed by atoms with van der Waals surface area (Å²) in [5, 5.41) is 12.0. The Bertz CT molecular complexity index is 412. The van der Waals surface area contributed by atoms with E-state index in [4.69, 9.17) is 28.3 Å². The quantitative estimate of drug-likeness (QED) is 0.888. The minimum Gasteiger partial charge on any atom is -0.481 e. The number of carbonyl (C=O) groups excluding carboxylic acids is 1. The van der Waals surface area contributed by atoms with Gasteiger partial charge in [-0.2, -0.15) is 0 Å². The molecule has 0 radical (unpaired) electrons. The molecule has 0 aromatic heterocycles. The van der Waals surface area contributed by atoms with Crippen molar-refractivity contribution in [2.45, 2.75) is 19.4 Å². The van der Waals surface area contributed by atoms with Gasteiger partial charge in [0.15, 0.2) is 0 Å². The van der Waals surface area contributed by atoms with Gasteiger partial charge in [-0.25, -0.2) is 0 Å². The first-order valence-electron chi connectivity index (χ1n) is 4.84. The van der Waals surface area contributed by atoms with Crippen LogP contribution in [-0.4, -0.2) is 17.0 Å². The summed E-state index contributed by atoms with van der Waals surface area (Å²) in [6, 6.07) is 4.12. The van der Waals surface area contributed by atoms with E-state index in [1.165, 1.54) is 6.92 Å². The molecule has 0 saturated carbocycles. The highest BCUT2D eigenvalue weighted by molar-refractivity contribution is 6.36. The topological polar surface area (TPSA) is 66.4 Å². The molecule has 0 fully saturated rings. The van der Waals surface area contributed by atoms with Gasteiger partial charge in [-0.3, -0.25) is 9.59 Å². The second-order valence-corrected chi connectivity index (χ2v) is 4.30. The van der Waals surface area contributed by atoms with E-state index in [1.54, 1.807) is 18.2 Å². The Labute approximate surface area is 109 Å². The molecule has 17 heavy (non-hydrogen) atoms. The molecule has 0 bridgehead atoms. The van der Waals surface area contributed by atoms with Crippen molar-refractivity contribution in [1.82, 2.24) is 5.32 Å². The van der Waals surface area contributed by atoms with Gasteiger partial charge in [0.05, 0.1) is 12.5 Å². The number of halogens is 2. The van der Waals surface area contributed by atoms with E-state index in [1.807, 2.05) is 0 Å². The fourth-order valence-electron chi connectivity index (χ4n) is 1.49. The van der Waals surface area contributed by atoms with Crippen molar-refractivity contribution < 1.29 is 14.7 Å². The van der Waals surface area contributed by atoms with Crippen LogP contribution in [0.5, 0.6) is 0 Å². The molecule has 1 aromatic carbocycles. The van der Waals surface area contributed by atoms with Crippen LogP contribution in [-0.2, 0) is 9.59 Å². The second-order valence-electron chi connectivity index (χ2n) is 3.49. The van der Waals surface area contributed by atoms with Gasteiger partial charge in [0.2, 0.25) is 5.91 Å². The molecule has 6 heteroatoms. The zero-order valence-electron chi connectivity index (χ0n) is 9.04. The number of carboxylic acid groups (broad SMARTS) is 1. The molecule has 4 nitrogen and oxygen atoms in total. The maximum atomic E-state index is 11.0. The SMILES string of the molecule is CC(=O)N[C@@H](CC(=O)O)c1c(Cl)cccc1Cl. The molecule has 1 atom stereocenters. The molecule has 0 aliphatic rings. The lowest BCUT2D eigenvalue weighted by Crippen LogP contribution is -2.28. The molecule has 2 N–H and O–H groups in total. The first-order chi connectivity index (χ1) is 7.91. The Morgan fingerprint density at radius 3 is 2.29 bits per heavy atom. The summed E-state index contributed by atoms with van der Waals surface area (Å²) in [4.78, 5) is 21.8. The summed E-state index contributed by atoms with van der Waals surface area (Å²) < 4.78 is 0. The van der Waals surface area contributed by atoms with Crippen LogP contribution < -0.4 is 5.32 Å². The average molecular weight is 276 g/mol. The molecule has 0 heterocycles. The van der Waals surface area contributed by atoms with Crippen molar-refractivity contribution in [3.05, 3.63) is 33.8 Å². The first kappa shape index (κ1) is 13.8. The number of benzene rings is 1. The van der Waals surface area contributed by atoms with Crippen molar-refractivity contribution in [2.24, 2.45) is 0 Å². The normalized spacial score (nSPS) is 11.9. The number of hydrogen-bond donors (Lipinski definition) is 2. The van der Waals surface area contributed by atoms with Crippen molar-refractivity contribution in [1.29, 1.82) is 0 Å². The highest BCUT2D eigenvalue weighted by Crippen LogP contribution is 2.31. The van der Waals surface area contributed by atoms with Crippen LogP contribution in [0.25, 0.3) is 0 Å². The van der Waals surface area contributed by atoms with Crippen LogP contribution in [0.2, 0.25) is 10.0 Å². The van der Waals surface area contributed by atoms with Crippen LogP contribution in [0.15, 0.2) is 18.2 Å². The van der Waals surface area contributed by atoms with Gasteiger partial charge < -0.3 is 10.4 Å². The third-order valence-electron chi connectivity index (χ3n) is 2.10. The fourth-order valence-corrected chi connectivity index (χ4v) is 2.15. The summed E-state index contributed by atoms with van der Waals surface area (Å²) in [5.41, 5.74) is 0.424. The third kappa shape index (κ3) is 3.91.